The van der Waals surface area contributed by atoms with Gasteiger partial charge in [-0.1, -0.05) is 36.5 Å². The van der Waals surface area contributed by atoms with Gasteiger partial charge in [-0.05, 0) is 30.2 Å². The fourth-order valence-corrected chi connectivity index (χ4v) is 2.20. The van der Waals surface area contributed by atoms with Crippen LogP contribution in [0.15, 0.2) is 18.2 Å². The molecule has 0 saturated heterocycles. The number of nitrogens with two attached hydrogens (primary N) is 1. The van der Waals surface area contributed by atoms with E-state index in [0.717, 1.165) is 6.42 Å². The van der Waals surface area contributed by atoms with E-state index in [1.807, 2.05) is 6.92 Å². The van der Waals surface area contributed by atoms with Gasteiger partial charge in [0.1, 0.15) is 0 Å². The predicted octanol–water partition coefficient (Wildman–Crippen LogP) is 2.69. The normalized spacial score (nSPS) is 13.2. The second-order valence-electron chi connectivity index (χ2n) is 4.36. The molecule has 114 valence electrons. The number of carbonyl (C=O) groups excluding carboxylic acids is 1. The molecule has 1 amide bonds. The fraction of sp³-hybridized carbons (Fsp3) is 0.462. The summed E-state index contributed by atoms with van der Waals surface area (Å²) in [4.78, 5) is 11.6. The van der Waals surface area contributed by atoms with E-state index in [9.17, 15) is 9.90 Å². The summed E-state index contributed by atoms with van der Waals surface area (Å²) in [6, 6.07) is 4.25. The van der Waals surface area contributed by atoms with E-state index < -0.39 is 12.1 Å². The van der Waals surface area contributed by atoms with Gasteiger partial charge in [-0.25, -0.2) is 0 Å². The van der Waals surface area contributed by atoms with Crippen molar-refractivity contribution >= 4 is 41.5 Å². The van der Waals surface area contributed by atoms with Gasteiger partial charge < -0.3 is 16.2 Å². The highest BCUT2D eigenvalue weighted by Crippen LogP contribution is 2.23. The minimum absolute atomic E-state index is 0. The summed E-state index contributed by atoms with van der Waals surface area (Å²) in [7, 11) is 0. The van der Waals surface area contributed by atoms with Crippen molar-refractivity contribution in [3.63, 3.8) is 0 Å². The van der Waals surface area contributed by atoms with Crippen molar-refractivity contribution in [2.24, 2.45) is 5.73 Å². The average molecular weight is 342 g/mol. The smallest absolute Gasteiger partial charge is 0.237 e. The Morgan fingerprint density at radius 2 is 1.90 bits per heavy atom. The van der Waals surface area contributed by atoms with Crippen LogP contribution in [0.5, 0.6) is 0 Å². The van der Waals surface area contributed by atoms with Crippen LogP contribution < -0.4 is 11.1 Å². The van der Waals surface area contributed by atoms with Crippen LogP contribution in [-0.4, -0.2) is 23.6 Å². The average Bonchev–Trinajstić information content (AvgIpc) is 2.34. The van der Waals surface area contributed by atoms with Crippen molar-refractivity contribution in [2.75, 3.05) is 6.54 Å². The van der Waals surface area contributed by atoms with Gasteiger partial charge >= 0.3 is 0 Å². The second kappa shape index (κ2) is 9.42. The Balaban J connectivity index is 0.00000361. The third-order valence-corrected chi connectivity index (χ3v) is 3.11. The Morgan fingerprint density at radius 1 is 1.35 bits per heavy atom. The van der Waals surface area contributed by atoms with Crippen LogP contribution in [0.4, 0.5) is 0 Å². The number of amides is 1. The molecule has 20 heavy (non-hydrogen) atoms. The summed E-state index contributed by atoms with van der Waals surface area (Å²) in [5.41, 5.74) is 6.22. The molecule has 0 aliphatic carbocycles. The number of rotatable bonds is 6. The lowest BCUT2D eigenvalue weighted by Gasteiger charge is -2.15. The second-order valence-corrected chi connectivity index (χ2v) is 5.23. The molecule has 1 rings (SSSR count). The van der Waals surface area contributed by atoms with E-state index in [1.165, 1.54) is 0 Å². The third kappa shape index (κ3) is 6.29. The molecule has 1 aromatic rings. The lowest BCUT2D eigenvalue weighted by atomic mass is 10.1. The highest BCUT2D eigenvalue weighted by atomic mass is 35.5. The zero-order valence-electron chi connectivity index (χ0n) is 11.1. The summed E-state index contributed by atoms with van der Waals surface area (Å²) in [6.07, 6.45) is 0.584. The lowest BCUT2D eigenvalue weighted by Crippen LogP contribution is -2.42. The summed E-state index contributed by atoms with van der Waals surface area (Å²) in [5, 5.41) is 13.4. The topological polar surface area (TPSA) is 75.4 Å². The summed E-state index contributed by atoms with van der Waals surface area (Å²) in [5.74, 6) is -0.269. The summed E-state index contributed by atoms with van der Waals surface area (Å²) in [6.45, 7) is 2.03. The zero-order valence-corrected chi connectivity index (χ0v) is 13.4. The Kier molecular flexibility index (Phi) is 9.18. The van der Waals surface area contributed by atoms with Crippen molar-refractivity contribution in [2.45, 2.75) is 31.9 Å². The molecule has 0 aliphatic heterocycles. The molecule has 0 aromatic heterocycles. The number of aliphatic hydroxyl groups excluding tert-OH is 1. The first-order chi connectivity index (χ1) is 8.93. The fourth-order valence-electron chi connectivity index (χ4n) is 1.66. The highest BCUT2D eigenvalue weighted by Gasteiger charge is 2.15. The highest BCUT2D eigenvalue weighted by molar-refractivity contribution is 6.34. The molecule has 0 spiro atoms. The first-order valence-corrected chi connectivity index (χ1v) is 6.87. The lowest BCUT2D eigenvalue weighted by molar-refractivity contribution is -0.123. The quantitative estimate of drug-likeness (QED) is 0.744. The number of aliphatic hydroxyl groups is 1. The third-order valence-electron chi connectivity index (χ3n) is 2.68. The number of benzene rings is 1. The van der Waals surface area contributed by atoms with Gasteiger partial charge in [0.25, 0.3) is 0 Å². The van der Waals surface area contributed by atoms with E-state index in [-0.39, 0.29) is 24.9 Å². The number of hydrogen-bond acceptors (Lipinski definition) is 3. The van der Waals surface area contributed by atoms with Crippen LogP contribution in [-0.2, 0) is 4.79 Å². The first kappa shape index (κ1) is 19.5. The first-order valence-electron chi connectivity index (χ1n) is 6.11. The Labute approximate surface area is 135 Å². The van der Waals surface area contributed by atoms with E-state index in [2.05, 4.69) is 5.32 Å². The van der Waals surface area contributed by atoms with Gasteiger partial charge in [0.2, 0.25) is 5.91 Å². The van der Waals surface area contributed by atoms with Gasteiger partial charge in [0, 0.05) is 16.6 Å². The van der Waals surface area contributed by atoms with Crippen LogP contribution in [0.3, 0.4) is 0 Å². The van der Waals surface area contributed by atoms with E-state index in [1.54, 1.807) is 18.2 Å². The Bertz CT molecular complexity index is 423. The SMILES string of the molecule is CCCC(N)C(=O)NCC(O)c1cc(Cl)cc(Cl)c1.Cl. The predicted molar refractivity (Wildman–Crippen MR) is 84.6 cm³/mol. The molecule has 4 nitrogen and oxygen atoms in total. The van der Waals surface area contributed by atoms with Crippen LogP contribution >= 0.6 is 35.6 Å². The monoisotopic (exact) mass is 340 g/mol. The molecule has 0 fully saturated rings. The number of nitrogens with one attached hydrogen (secondary N) is 1. The molecule has 0 bridgehead atoms. The van der Waals surface area contributed by atoms with E-state index >= 15 is 0 Å². The standard InChI is InChI=1S/C13H18Cl2N2O2.ClH/c1-2-3-11(16)13(19)17-7-12(18)8-4-9(14)6-10(15)5-8;/h4-6,11-12,18H,2-3,7,16H2,1H3,(H,17,19);1H. The molecular formula is C13H19Cl3N2O2. The van der Waals surface area contributed by atoms with Gasteiger partial charge in [0.15, 0.2) is 0 Å². The molecule has 2 atom stereocenters. The molecule has 2 unspecified atom stereocenters. The number of halogens is 3. The minimum Gasteiger partial charge on any atom is -0.387 e. The van der Waals surface area contributed by atoms with Crippen LogP contribution in [0.25, 0.3) is 0 Å². The van der Waals surface area contributed by atoms with Crippen LogP contribution in [0.2, 0.25) is 10.0 Å². The van der Waals surface area contributed by atoms with Crippen molar-refractivity contribution in [1.82, 2.24) is 5.32 Å². The van der Waals surface area contributed by atoms with Crippen molar-refractivity contribution in [3.05, 3.63) is 33.8 Å². The molecule has 1 aromatic carbocycles. The van der Waals surface area contributed by atoms with Gasteiger partial charge in [-0.3, -0.25) is 4.79 Å². The molecule has 4 N–H and O–H groups in total. The largest absolute Gasteiger partial charge is 0.387 e. The maximum atomic E-state index is 11.6. The Hall–Kier alpha value is -0.520. The van der Waals surface area contributed by atoms with Crippen LogP contribution in [0, 0.1) is 0 Å². The minimum atomic E-state index is -0.867. The Morgan fingerprint density at radius 3 is 2.40 bits per heavy atom. The molecule has 7 heteroatoms. The number of hydrogen-bond donors (Lipinski definition) is 3. The van der Waals surface area contributed by atoms with Gasteiger partial charge in [-0.15, -0.1) is 12.4 Å². The van der Waals surface area contributed by atoms with Crippen LogP contribution in [0.1, 0.15) is 31.4 Å². The zero-order chi connectivity index (χ0) is 14.4. The molecular weight excluding hydrogens is 323 g/mol. The van der Waals surface area contributed by atoms with Crippen molar-refractivity contribution in [3.8, 4) is 0 Å². The van der Waals surface area contributed by atoms with E-state index in [0.29, 0.717) is 22.0 Å². The molecule has 0 aliphatic rings. The number of carbonyl (C=O) groups is 1. The summed E-state index contributed by atoms with van der Waals surface area (Å²) < 4.78 is 0. The van der Waals surface area contributed by atoms with Crippen molar-refractivity contribution in [1.29, 1.82) is 0 Å². The van der Waals surface area contributed by atoms with Gasteiger partial charge in [0.05, 0.1) is 12.1 Å². The molecule has 0 heterocycles. The summed E-state index contributed by atoms with van der Waals surface area (Å²) >= 11 is 11.7. The van der Waals surface area contributed by atoms with E-state index in [4.69, 9.17) is 28.9 Å². The van der Waals surface area contributed by atoms with Gasteiger partial charge in [-0.2, -0.15) is 0 Å². The molecule has 0 radical (unpaired) electrons. The van der Waals surface area contributed by atoms with Crippen molar-refractivity contribution < 1.29 is 9.90 Å². The molecule has 0 saturated carbocycles. The maximum Gasteiger partial charge on any atom is 0.237 e. The maximum absolute atomic E-state index is 11.6.